The second-order valence-electron chi connectivity index (χ2n) is 6.66. The first-order valence-electron chi connectivity index (χ1n) is 8.63. The average Bonchev–Trinajstić information content (AvgIpc) is 2.68. The van der Waals surface area contributed by atoms with Gasteiger partial charge in [0, 0.05) is 24.6 Å². The summed E-state index contributed by atoms with van der Waals surface area (Å²) in [6, 6.07) is 13.5. The van der Waals surface area contributed by atoms with Crippen molar-refractivity contribution in [1.82, 2.24) is 4.31 Å². The quantitative estimate of drug-likeness (QED) is 0.728. The molecular weight excluding hydrogens is 384 g/mol. The lowest BCUT2D eigenvalue weighted by molar-refractivity contribution is 0.0875. The van der Waals surface area contributed by atoms with Crippen LogP contribution in [-0.2, 0) is 10.0 Å². The first-order chi connectivity index (χ1) is 12.8. The standard InChI is InChI=1S/C20H19ClN2O3S/c1-14-2-4-15(5-3-14)20(24)16-8-10-23(11-9-16)27(25,26)18-7-6-17(13-22)19(21)12-18/h2-7,12,16H,8-11H2,1H3. The molecule has 0 atom stereocenters. The Bertz CT molecular complexity index is 1000. The van der Waals surface area contributed by atoms with E-state index in [9.17, 15) is 13.2 Å². The predicted molar refractivity (Wildman–Crippen MR) is 103 cm³/mol. The van der Waals surface area contributed by atoms with Crippen LogP contribution in [0, 0.1) is 24.2 Å². The molecule has 5 nitrogen and oxygen atoms in total. The number of carbonyl (C=O) groups is 1. The summed E-state index contributed by atoms with van der Waals surface area (Å²) in [7, 11) is -3.70. The molecule has 0 N–H and O–H groups in total. The van der Waals surface area contributed by atoms with E-state index in [-0.39, 0.29) is 40.3 Å². The first kappa shape index (κ1) is 19.6. The normalized spacial score (nSPS) is 16.0. The van der Waals surface area contributed by atoms with Gasteiger partial charge >= 0.3 is 0 Å². The molecule has 0 aliphatic carbocycles. The van der Waals surface area contributed by atoms with Gasteiger partial charge in [0.2, 0.25) is 10.0 Å². The largest absolute Gasteiger partial charge is 0.294 e. The molecule has 2 aromatic carbocycles. The van der Waals surface area contributed by atoms with Crippen molar-refractivity contribution in [2.45, 2.75) is 24.7 Å². The number of Topliss-reactive ketones (excluding diaryl/α,β-unsaturated/α-hetero) is 1. The number of nitriles is 1. The maximum absolute atomic E-state index is 12.8. The van der Waals surface area contributed by atoms with E-state index in [1.807, 2.05) is 37.3 Å². The highest BCUT2D eigenvalue weighted by molar-refractivity contribution is 7.89. The highest BCUT2D eigenvalue weighted by Crippen LogP contribution is 2.28. The van der Waals surface area contributed by atoms with E-state index < -0.39 is 10.0 Å². The number of sulfonamides is 1. The number of piperidine rings is 1. The minimum Gasteiger partial charge on any atom is -0.294 e. The molecule has 3 rings (SSSR count). The van der Waals surface area contributed by atoms with Gasteiger partial charge in [0.15, 0.2) is 5.78 Å². The van der Waals surface area contributed by atoms with E-state index in [0.717, 1.165) is 5.56 Å². The molecule has 0 radical (unpaired) electrons. The highest BCUT2D eigenvalue weighted by Gasteiger charge is 2.32. The van der Waals surface area contributed by atoms with Gasteiger partial charge in [-0.15, -0.1) is 0 Å². The van der Waals surface area contributed by atoms with Gasteiger partial charge in [-0.25, -0.2) is 8.42 Å². The molecule has 0 bridgehead atoms. The third-order valence-electron chi connectivity index (χ3n) is 4.86. The second kappa shape index (κ2) is 7.81. The third-order valence-corrected chi connectivity index (χ3v) is 7.07. The number of rotatable bonds is 4. The van der Waals surface area contributed by atoms with E-state index in [1.54, 1.807) is 0 Å². The Kier molecular flexibility index (Phi) is 5.66. The minimum atomic E-state index is -3.70. The highest BCUT2D eigenvalue weighted by atomic mass is 35.5. The molecule has 140 valence electrons. The zero-order chi connectivity index (χ0) is 19.6. The van der Waals surface area contributed by atoms with Crippen LogP contribution in [0.4, 0.5) is 0 Å². The Morgan fingerprint density at radius 2 is 1.78 bits per heavy atom. The van der Waals surface area contributed by atoms with Crippen molar-refractivity contribution in [2.24, 2.45) is 5.92 Å². The Labute approximate surface area is 164 Å². The van der Waals surface area contributed by atoms with Crippen LogP contribution in [0.5, 0.6) is 0 Å². The zero-order valence-corrected chi connectivity index (χ0v) is 16.4. The summed E-state index contributed by atoms with van der Waals surface area (Å²) in [5.41, 5.74) is 1.99. The van der Waals surface area contributed by atoms with Crippen LogP contribution in [0.25, 0.3) is 0 Å². The van der Waals surface area contributed by atoms with Crippen molar-refractivity contribution in [3.05, 3.63) is 64.2 Å². The molecule has 1 aliphatic heterocycles. The van der Waals surface area contributed by atoms with Crippen LogP contribution in [0.1, 0.15) is 34.3 Å². The Hall–Kier alpha value is -2.20. The number of carbonyl (C=O) groups excluding carboxylic acids is 1. The van der Waals surface area contributed by atoms with Crippen LogP contribution in [0.2, 0.25) is 5.02 Å². The smallest absolute Gasteiger partial charge is 0.243 e. The molecule has 0 unspecified atom stereocenters. The van der Waals surface area contributed by atoms with Gasteiger partial charge in [-0.1, -0.05) is 41.4 Å². The maximum atomic E-state index is 12.8. The summed E-state index contributed by atoms with van der Waals surface area (Å²) in [4.78, 5) is 12.7. The molecule has 0 amide bonds. The van der Waals surface area contributed by atoms with Crippen LogP contribution in [0.3, 0.4) is 0 Å². The Balaban J connectivity index is 1.71. The number of hydrogen-bond acceptors (Lipinski definition) is 4. The molecule has 0 saturated carbocycles. The molecule has 0 aromatic heterocycles. The molecule has 1 fully saturated rings. The molecule has 1 saturated heterocycles. The second-order valence-corrected chi connectivity index (χ2v) is 9.01. The molecule has 27 heavy (non-hydrogen) atoms. The maximum Gasteiger partial charge on any atom is 0.243 e. The van der Waals surface area contributed by atoms with Crippen molar-refractivity contribution in [3.63, 3.8) is 0 Å². The van der Waals surface area contributed by atoms with Crippen LogP contribution in [0.15, 0.2) is 47.4 Å². The van der Waals surface area contributed by atoms with E-state index in [0.29, 0.717) is 18.4 Å². The lowest BCUT2D eigenvalue weighted by atomic mass is 9.89. The summed E-state index contributed by atoms with van der Waals surface area (Å²) >= 11 is 5.97. The number of ketones is 1. The minimum absolute atomic E-state index is 0.0634. The number of aryl methyl sites for hydroxylation is 1. The van der Waals surface area contributed by atoms with Gasteiger partial charge < -0.3 is 0 Å². The Morgan fingerprint density at radius 3 is 2.33 bits per heavy atom. The molecule has 7 heteroatoms. The number of benzene rings is 2. The van der Waals surface area contributed by atoms with Gasteiger partial charge in [-0.2, -0.15) is 9.57 Å². The van der Waals surface area contributed by atoms with E-state index in [2.05, 4.69) is 0 Å². The topological polar surface area (TPSA) is 78.2 Å². The summed E-state index contributed by atoms with van der Waals surface area (Å²) in [6.45, 7) is 2.53. The monoisotopic (exact) mass is 402 g/mol. The lowest BCUT2D eigenvalue weighted by Crippen LogP contribution is -2.40. The zero-order valence-electron chi connectivity index (χ0n) is 14.9. The van der Waals surface area contributed by atoms with Crippen LogP contribution < -0.4 is 0 Å². The van der Waals surface area contributed by atoms with Crippen LogP contribution >= 0.6 is 11.6 Å². The van der Waals surface area contributed by atoms with Crippen LogP contribution in [-0.4, -0.2) is 31.6 Å². The number of hydrogen-bond donors (Lipinski definition) is 0. The molecular formula is C20H19ClN2O3S. The molecule has 1 heterocycles. The van der Waals surface area contributed by atoms with Crippen molar-refractivity contribution in [3.8, 4) is 6.07 Å². The lowest BCUT2D eigenvalue weighted by Gasteiger charge is -2.30. The predicted octanol–water partition coefficient (Wildman–Crippen LogP) is 3.80. The van der Waals surface area contributed by atoms with Gasteiger partial charge in [0.1, 0.15) is 6.07 Å². The first-order valence-corrected chi connectivity index (χ1v) is 10.5. The fourth-order valence-electron chi connectivity index (χ4n) is 3.21. The molecule has 2 aromatic rings. The SMILES string of the molecule is Cc1ccc(C(=O)C2CCN(S(=O)(=O)c3ccc(C#N)c(Cl)c3)CC2)cc1. The van der Waals surface area contributed by atoms with Gasteiger partial charge in [-0.3, -0.25) is 4.79 Å². The summed E-state index contributed by atoms with van der Waals surface area (Å²) in [5, 5.41) is 9.04. The van der Waals surface area contributed by atoms with E-state index in [1.165, 1.54) is 22.5 Å². The average molecular weight is 403 g/mol. The summed E-state index contributed by atoms with van der Waals surface area (Å²) in [6.07, 6.45) is 0.964. The van der Waals surface area contributed by atoms with E-state index in [4.69, 9.17) is 16.9 Å². The summed E-state index contributed by atoms with van der Waals surface area (Å²) in [5.74, 6) is -0.114. The van der Waals surface area contributed by atoms with Crippen molar-refractivity contribution in [2.75, 3.05) is 13.1 Å². The van der Waals surface area contributed by atoms with E-state index >= 15 is 0 Å². The van der Waals surface area contributed by atoms with Gasteiger partial charge in [0.25, 0.3) is 0 Å². The fraction of sp³-hybridized carbons (Fsp3) is 0.300. The van der Waals surface area contributed by atoms with Crippen molar-refractivity contribution in [1.29, 1.82) is 5.26 Å². The molecule has 0 spiro atoms. The third kappa shape index (κ3) is 4.06. The van der Waals surface area contributed by atoms with Gasteiger partial charge in [0.05, 0.1) is 15.5 Å². The van der Waals surface area contributed by atoms with Crippen molar-refractivity contribution < 1.29 is 13.2 Å². The fourth-order valence-corrected chi connectivity index (χ4v) is 4.99. The van der Waals surface area contributed by atoms with Gasteiger partial charge in [-0.05, 0) is 38.0 Å². The molecule has 1 aliphatic rings. The number of halogens is 1. The number of nitrogens with zero attached hydrogens (tertiary/aromatic N) is 2. The summed E-state index contributed by atoms with van der Waals surface area (Å²) < 4.78 is 27.0. The Morgan fingerprint density at radius 1 is 1.15 bits per heavy atom. The van der Waals surface area contributed by atoms with Crippen molar-refractivity contribution >= 4 is 27.4 Å².